The van der Waals surface area contributed by atoms with Crippen molar-refractivity contribution in [2.24, 2.45) is 0 Å². The van der Waals surface area contributed by atoms with Crippen LogP contribution in [0.3, 0.4) is 0 Å². The second-order valence-corrected chi connectivity index (χ2v) is 2.97. The molecular weight excluding hydrogens is 150 g/mol. The van der Waals surface area contributed by atoms with Gasteiger partial charge in [0.1, 0.15) is 0 Å². The van der Waals surface area contributed by atoms with E-state index in [1.807, 2.05) is 13.1 Å². The van der Waals surface area contributed by atoms with Gasteiger partial charge in [0.15, 0.2) is 0 Å². The van der Waals surface area contributed by atoms with Crippen LogP contribution in [0.2, 0.25) is 0 Å². The Morgan fingerprint density at radius 2 is 2.33 bits per heavy atom. The first-order chi connectivity index (χ1) is 5.79. The Morgan fingerprint density at radius 1 is 1.50 bits per heavy atom. The highest BCUT2D eigenvalue weighted by Crippen LogP contribution is 2.24. The van der Waals surface area contributed by atoms with Gasteiger partial charge >= 0.3 is 0 Å². The van der Waals surface area contributed by atoms with Crippen molar-refractivity contribution in [3.8, 4) is 0 Å². The lowest BCUT2D eigenvalue weighted by molar-refractivity contribution is 0.894. The molecule has 0 spiro atoms. The van der Waals surface area contributed by atoms with Gasteiger partial charge in [-0.05, 0) is 13.0 Å². The van der Waals surface area contributed by atoms with Gasteiger partial charge in [-0.1, -0.05) is 6.08 Å². The van der Waals surface area contributed by atoms with Gasteiger partial charge in [-0.3, -0.25) is 0 Å². The molecule has 0 amide bonds. The number of anilines is 1. The summed E-state index contributed by atoms with van der Waals surface area (Å²) < 4.78 is 0. The van der Waals surface area contributed by atoms with Crippen molar-refractivity contribution in [2.45, 2.75) is 13.3 Å². The molecule has 0 bridgehead atoms. The van der Waals surface area contributed by atoms with E-state index in [2.05, 4.69) is 28.1 Å². The average molecular weight is 161 g/mol. The molecule has 0 fully saturated rings. The molecule has 0 N–H and O–H groups in total. The van der Waals surface area contributed by atoms with Crippen LogP contribution in [0.15, 0.2) is 24.0 Å². The van der Waals surface area contributed by atoms with Gasteiger partial charge in [0.2, 0.25) is 0 Å². The maximum Gasteiger partial charge on any atom is 0.0905 e. The second kappa shape index (κ2) is 2.59. The second-order valence-electron chi connectivity index (χ2n) is 2.97. The number of hydrogen-bond acceptors (Lipinski definition) is 3. The fraction of sp³-hybridized carbons (Fsp3) is 0.333. The Morgan fingerprint density at radius 3 is 3.17 bits per heavy atom. The van der Waals surface area contributed by atoms with Gasteiger partial charge in [0.25, 0.3) is 0 Å². The zero-order chi connectivity index (χ0) is 8.55. The summed E-state index contributed by atoms with van der Waals surface area (Å²) in [6.07, 6.45) is 4.80. The van der Waals surface area contributed by atoms with Crippen LogP contribution in [0.25, 0.3) is 0 Å². The highest BCUT2D eigenvalue weighted by molar-refractivity contribution is 5.56. The summed E-state index contributed by atoms with van der Waals surface area (Å²) in [5.74, 6) is 0. The lowest BCUT2D eigenvalue weighted by atomic mass is 10.1. The lowest BCUT2D eigenvalue weighted by Gasteiger charge is -2.25. The smallest absolute Gasteiger partial charge is 0.0905 e. The summed E-state index contributed by atoms with van der Waals surface area (Å²) in [7, 11) is 2.05. The molecule has 0 unspecified atom stereocenters. The Hall–Kier alpha value is -1.38. The predicted molar refractivity (Wildman–Crippen MR) is 47.9 cm³/mol. The van der Waals surface area contributed by atoms with E-state index in [0.717, 1.165) is 12.1 Å². The number of fused-ring (bicyclic) bond motifs is 1. The fourth-order valence-electron chi connectivity index (χ4n) is 1.38. The minimum atomic E-state index is 0.902. The molecule has 0 atom stereocenters. The van der Waals surface area contributed by atoms with Crippen molar-refractivity contribution < 1.29 is 0 Å². The zero-order valence-electron chi connectivity index (χ0n) is 7.28. The van der Waals surface area contributed by atoms with E-state index < -0.39 is 0 Å². The quantitative estimate of drug-likeness (QED) is 0.575. The van der Waals surface area contributed by atoms with Crippen molar-refractivity contribution in [3.63, 3.8) is 0 Å². The van der Waals surface area contributed by atoms with E-state index in [4.69, 9.17) is 0 Å². The molecule has 0 saturated heterocycles. The summed E-state index contributed by atoms with van der Waals surface area (Å²) in [5.41, 5.74) is 3.51. The molecule has 1 aromatic rings. The zero-order valence-corrected chi connectivity index (χ0v) is 7.28. The van der Waals surface area contributed by atoms with Crippen LogP contribution in [-0.2, 0) is 6.42 Å². The Labute approximate surface area is 71.7 Å². The van der Waals surface area contributed by atoms with Crippen molar-refractivity contribution in [1.29, 1.82) is 0 Å². The van der Waals surface area contributed by atoms with E-state index in [-0.39, 0.29) is 0 Å². The van der Waals surface area contributed by atoms with Crippen molar-refractivity contribution >= 4 is 5.69 Å². The van der Waals surface area contributed by atoms with Crippen LogP contribution in [-0.4, -0.2) is 17.2 Å². The standard InChI is InChI=1S/C9H11N3/c1-7-3-4-8-9(12(7)2)5-6-10-11-8/h3,5-6H,4H2,1-2H3. The van der Waals surface area contributed by atoms with Gasteiger partial charge in [0, 0.05) is 19.2 Å². The van der Waals surface area contributed by atoms with E-state index in [1.54, 1.807) is 6.20 Å². The Bertz CT molecular complexity index is 330. The third-order valence-electron chi connectivity index (χ3n) is 2.25. The third kappa shape index (κ3) is 0.978. The van der Waals surface area contributed by atoms with Gasteiger partial charge in [-0.2, -0.15) is 10.2 Å². The molecule has 3 nitrogen and oxygen atoms in total. The van der Waals surface area contributed by atoms with E-state index in [9.17, 15) is 0 Å². The molecule has 12 heavy (non-hydrogen) atoms. The summed E-state index contributed by atoms with van der Waals surface area (Å²) in [6, 6.07) is 2.00. The van der Waals surface area contributed by atoms with Crippen LogP contribution >= 0.6 is 0 Å². The molecular formula is C9H11N3. The number of allylic oxidation sites excluding steroid dienone is 2. The molecule has 0 saturated carbocycles. The minimum Gasteiger partial charge on any atom is -0.347 e. The van der Waals surface area contributed by atoms with Crippen LogP contribution in [0.5, 0.6) is 0 Å². The van der Waals surface area contributed by atoms with Crippen LogP contribution < -0.4 is 4.90 Å². The molecule has 1 aliphatic heterocycles. The molecule has 1 aromatic heterocycles. The first kappa shape index (κ1) is 7.28. The molecule has 62 valence electrons. The largest absolute Gasteiger partial charge is 0.347 e. The van der Waals surface area contributed by atoms with Gasteiger partial charge in [-0.25, -0.2) is 0 Å². The maximum atomic E-state index is 4.07. The minimum absolute atomic E-state index is 0.902. The van der Waals surface area contributed by atoms with Gasteiger partial charge in [-0.15, -0.1) is 0 Å². The van der Waals surface area contributed by atoms with Gasteiger partial charge in [0.05, 0.1) is 17.6 Å². The summed E-state index contributed by atoms with van der Waals surface area (Å²) >= 11 is 0. The Balaban J connectivity index is 2.49. The van der Waals surface area contributed by atoms with E-state index in [0.29, 0.717) is 0 Å². The van der Waals surface area contributed by atoms with Crippen molar-refractivity contribution in [1.82, 2.24) is 10.2 Å². The molecule has 2 heterocycles. The average Bonchev–Trinajstić information content (AvgIpc) is 2.12. The first-order valence-corrected chi connectivity index (χ1v) is 4.00. The molecule has 0 aromatic carbocycles. The monoisotopic (exact) mass is 161 g/mol. The number of aromatic nitrogens is 2. The highest BCUT2D eigenvalue weighted by Gasteiger charge is 2.13. The number of nitrogens with zero attached hydrogens (tertiary/aromatic N) is 3. The molecule has 0 aliphatic carbocycles. The maximum absolute atomic E-state index is 4.07. The van der Waals surface area contributed by atoms with Crippen LogP contribution in [0.1, 0.15) is 12.6 Å². The summed E-state index contributed by atoms with van der Waals surface area (Å²) in [4.78, 5) is 2.13. The van der Waals surface area contributed by atoms with Crippen LogP contribution in [0.4, 0.5) is 5.69 Å². The molecule has 3 heteroatoms. The SMILES string of the molecule is CC1=CCc2nnccc2N1C. The van der Waals surface area contributed by atoms with Gasteiger partial charge < -0.3 is 4.90 Å². The number of hydrogen-bond donors (Lipinski definition) is 0. The molecule has 0 radical (unpaired) electrons. The molecule has 1 aliphatic rings. The Kier molecular flexibility index (Phi) is 1.57. The fourth-order valence-corrected chi connectivity index (χ4v) is 1.38. The van der Waals surface area contributed by atoms with Crippen molar-refractivity contribution in [2.75, 3.05) is 11.9 Å². The lowest BCUT2D eigenvalue weighted by Crippen LogP contribution is -2.20. The normalized spacial score (nSPS) is 15.5. The topological polar surface area (TPSA) is 29.0 Å². The number of rotatable bonds is 0. The van der Waals surface area contributed by atoms with E-state index >= 15 is 0 Å². The highest BCUT2D eigenvalue weighted by atomic mass is 15.2. The predicted octanol–water partition coefficient (Wildman–Crippen LogP) is 1.37. The molecule has 2 rings (SSSR count). The van der Waals surface area contributed by atoms with Crippen molar-refractivity contribution in [3.05, 3.63) is 29.7 Å². The summed E-state index contributed by atoms with van der Waals surface area (Å²) in [5, 5.41) is 7.92. The summed E-state index contributed by atoms with van der Waals surface area (Å²) in [6.45, 7) is 2.10. The first-order valence-electron chi connectivity index (χ1n) is 4.00. The van der Waals surface area contributed by atoms with E-state index in [1.165, 1.54) is 11.4 Å². The third-order valence-corrected chi connectivity index (χ3v) is 2.25. The van der Waals surface area contributed by atoms with Crippen LogP contribution in [0, 0.1) is 0 Å².